The SMILES string of the molecule is O=C(Nc1cc(-c2c(-c3ccccc3)nc3cccnn23)ccn1)c1cc[n+](O)cc1. The predicted molar refractivity (Wildman–Crippen MR) is 113 cm³/mol. The summed E-state index contributed by atoms with van der Waals surface area (Å²) in [5.41, 5.74) is 4.50. The molecule has 0 aliphatic carbocycles. The van der Waals surface area contributed by atoms with E-state index in [4.69, 9.17) is 4.98 Å². The molecule has 0 saturated carbocycles. The van der Waals surface area contributed by atoms with Crippen LogP contribution >= 0.6 is 0 Å². The van der Waals surface area contributed by atoms with Crippen molar-refractivity contribution in [2.75, 3.05) is 5.32 Å². The van der Waals surface area contributed by atoms with Crippen molar-refractivity contribution in [2.45, 2.75) is 0 Å². The number of rotatable bonds is 4. The van der Waals surface area contributed by atoms with Crippen molar-refractivity contribution in [3.05, 3.63) is 97.1 Å². The number of fused-ring (bicyclic) bond motifs is 1. The number of aromatic nitrogens is 5. The average Bonchev–Trinajstić information content (AvgIpc) is 3.20. The fourth-order valence-corrected chi connectivity index (χ4v) is 3.35. The van der Waals surface area contributed by atoms with E-state index in [1.165, 1.54) is 24.5 Å². The van der Waals surface area contributed by atoms with Crippen molar-refractivity contribution < 1.29 is 14.7 Å². The Morgan fingerprint density at radius 3 is 2.55 bits per heavy atom. The molecular weight excluding hydrogens is 392 g/mol. The van der Waals surface area contributed by atoms with Crippen LogP contribution in [0.1, 0.15) is 10.4 Å². The van der Waals surface area contributed by atoms with Crippen molar-refractivity contribution in [3.63, 3.8) is 0 Å². The lowest BCUT2D eigenvalue weighted by molar-refractivity contribution is -0.904. The van der Waals surface area contributed by atoms with Gasteiger partial charge >= 0.3 is 0 Å². The Kier molecular flexibility index (Phi) is 4.57. The molecule has 0 bridgehead atoms. The zero-order chi connectivity index (χ0) is 21.2. The largest absolute Gasteiger partial charge is 0.307 e. The summed E-state index contributed by atoms with van der Waals surface area (Å²) in [5, 5.41) is 16.6. The minimum absolute atomic E-state index is 0.329. The van der Waals surface area contributed by atoms with Crippen LogP contribution in [-0.4, -0.2) is 30.7 Å². The van der Waals surface area contributed by atoms with Crippen molar-refractivity contribution in [1.29, 1.82) is 0 Å². The van der Waals surface area contributed by atoms with E-state index in [1.807, 2.05) is 48.5 Å². The standard InChI is InChI=1S/C23H16N6O2/c30-23(17-9-13-28(31)14-10-17)26-19-15-18(8-12-24-19)22-21(16-5-2-1-3-6-16)27-20-7-4-11-25-29(20)22/h1-15H,(H-,24,26,30,31)/p+1. The van der Waals surface area contributed by atoms with Gasteiger partial charge in [0.1, 0.15) is 11.5 Å². The second-order valence-electron chi connectivity index (χ2n) is 6.82. The lowest BCUT2D eigenvalue weighted by Crippen LogP contribution is -2.28. The molecule has 2 N–H and O–H groups in total. The molecule has 4 aromatic heterocycles. The Morgan fingerprint density at radius 2 is 1.74 bits per heavy atom. The molecule has 0 atom stereocenters. The number of imidazole rings is 1. The zero-order valence-corrected chi connectivity index (χ0v) is 16.3. The molecule has 0 saturated heterocycles. The van der Waals surface area contributed by atoms with Gasteiger partial charge in [0.25, 0.3) is 5.91 Å². The van der Waals surface area contributed by atoms with Crippen LogP contribution in [0.4, 0.5) is 5.82 Å². The van der Waals surface area contributed by atoms with Gasteiger partial charge in [0.2, 0.25) is 12.4 Å². The highest BCUT2D eigenvalue weighted by Crippen LogP contribution is 2.32. The smallest absolute Gasteiger partial charge is 0.257 e. The van der Waals surface area contributed by atoms with Gasteiger partial charge < -0.3 is 5.32 Å². The van der Waals surface area contributed by atoms with Gasteiger partial charge in [-0.15, -0.1) is 0 Å². The van der Waals surface area contributed by atoms with Gasteiger partial charge in [0.15, 0.2) is 5.65 Å². The molecule has 0 fully saturated rings. The van der Waals surface area contributed by atoms with E-state index in [9.17, 15) is 10.0 Å². The number of carbonyl (C=O) groups excluding carboxylic acids is 1. The zero-order valence-electron chi connectivity index (χ0n) is 16.3. The maximum Gasteiger partial charge on any atom is 0.257 e. The van der Waals surface area contributed by atoms with E-state index >= 15 is 0 Å². The van der Waals surface area contributed by atoms with E-state index in [0.29, 0.717) is 11.4 Å². The molecule has 0 radical (unpaired) electrons. The summed E-state index contributed by atoms with van der Waals surface area (Å²) in [5.74, 6) is 0.0675. The lowest BCUT2D eigenvalue weighted by atomic mass is 10.1. The molecule has 5 aromatic rings. The number of amides is 1. The number of carbonyl (C=O) groups is 1. The summed E-state index contributed by atoms with van der Waals surface area (Å²) in [4.78, 5) is 21.6. The Morgan fingerprint density at radius 1 is 0.935 bits per heavy atom. The molecular formula is C23H17N6O2+. The first kappa shape index (κ1) is 18.4. The third kappa shape index (κ3) is 3.58. The van der Waals surface area contributed by atoms with Gasteiger partial charge in [-0.2, -0.15) is 5.10 Å². The van der Waals surface area contributed by atoms with Gasteiger partial charge in [-0.3, -0.25) is 10.0 Å². The Balaban J connectivity index is 1.57. The second kappa shape index (κ2) is 7.68. The topological polar surface area (TPSA) is 96.3 Å². The van der Waals surface area contributed by atoms with Crippen LogP contribution in [0.3, 0.4) is 0 Å². The first-order chi connectivity index (χ1) is 15.2. The number of benzene rings is 1. The third-order valence-corrected chi connectivity index (χ3v) is 4.79. The number of hydrogen-bond acceptors (Lipinski definition) is 5. The van der Waals surface area contributed by atoms with Crippen LogP contribution < -0.4 is 10.0 Å². The first-order valence-corrected chi connectivity index (χ1v) is 9.56. The summed E-state index contributed by atoms with van der Waals surface area (Å²) in [7, 11) is 0. The van der Waals surface area contributed by atoms with Crippen molar-refractivity contribution in [1.82, 2.24) is 19.6 Å². The number of hydrogen-bond donors (Lipinski definition) is 2. The number of nitrogens with zero attached hydrogens (tertiary/aromatic N) is 5. The van der Waals surface area contributed by atoms with Crippen LogP contribution in [0.2, 0.25) is 0 Å². The van der Waals surface area contributed by atoms with E-state index in [2.05, 4.69) is 15.4 Å². The maximum atomic E-state index is 12.6. The predicted octanol–water partition coefficient (Wildman–Crippen LogP) is 3.24. The normalized spacial score (nSPS) is 10.8. The van der Waals surface area contributed by atoms with Gasteiger partial charge in [0, 0.05) is 40.4 Å². The average molecular weight is 409 g/mol. The molecule has 1 amide bonds. The fourth-order valence-electron chi connectivity index (χ4n) is 3.35. The van der Waals surface area contributed by atoms with Crippen molar-refractivity contribution in [2.24, 2.45) is 0 Å². The van der Waals surface area contributed by atoms with Gasteiger partial charge in [-0.05, 0) is 24.3 Å². The molecule has 5 rings (SSSR count). The molecule has 1 aromatic carbocycles. The quantitative estimate of drug-likeness (QED) is 0.351. The van der Waals surface area contributed by atoms with Crippen LogP contribution in [0.5, 0.6) is 0 Å². The molecule has 0 spiro atoms. The third-order valence-electron chi connectivity index (χ3n) is 4.79. The van der Waals surface area contributed by atoms with Gasteiger partial charge in [-0.25, -0.2) is 14.5 Å². The van der Waals surface area contributed by atoms with Crippen LogP contribution in [-0.2, 0) is 0 Å². The summed E-state index contributed by atoms with van der Waals surface area (Å²) < 4.78 is 2.65. The Hall–Kier alpha value is -4.59. The van der Waals surface area contributed by atoms with Crippen molar-refractivity contribution >= 4 is 17.4 Å². The molecule has 8 heteroatoms. The van der Waals surface area contributed by atoms with E-state index in [0.717, 1.165) is 32.9 Å². The molecule has 0 aliphatic rings. The summed E-state index contributed by atoms with van der Waals surface area (Å²) >= 11 is 0. The maximum absolute atomic E-state index is 12.6. The minimum atomic E-state index is -0.329. The molecule has 0 aliphatic heterocycles. The van der Waals surface area contributed by atoms with E-state index in [1.54, 1.807) is 23.0 Å². The molecule has 150 valence electrons. The summed E-state index contributed by atoms with van der Waals surface area (Å²) in [6.07, 6.45) is 6.11. The fraction of sp³-hybridized carbons (Fsp3) is 0. The summed E-state index contributed by atoms with van der Waals surface area (Å²) in [6, 6.07) is 20.3. The van der Waals surface area contributed by atoms with Crippen LogP contribution in [0.25, 0.3) is 28.2 Å². The highest BCUT2D eigenvalue weighted by atomic mass is 16.5. The second-order valence-corrected chi connectivity index (χ2v) is 6.82. The Labute approximate surface area is 177 Å². The van der Waals surface area contributed by atoms with Gasteiger partial charge in [-0.1, -0.05) is 30.3 Å². The minimum Gasteiger partial charge on any atom is -0.307 e. The number of anilines is 1. The van der Waals surface area contributed by atoms with E-state index < -0.39 is 0 Å². The molecule has 4 heterocycles. The highest BCUT2D eigenvalue weighted by Gasteiger charge is 2.18. The van der Waals surface area contributed by atoms with Crippen LogP contribution in [0.15, 0.2) is 91.5 Å². The monoisotopic (exact) mass is 409 g/mol. The van der Waals surface area contributed by atoms with Gasteiger partial charge in [0.05, 0.1) is 11.3 Å². The highest BCUT2D eigenvalue weighted by molar-refractivity contribution is 6.03. The van der Waals surface area contributed by atoms with E-state index in [-0.39, 0.29) is 5.91 Å². The Bertz CT molecular complexity index is 1380. The molecule has 8 nitrogen and oxygen atoms in total. The molecule has 31 heavy (non-hydrogen) atoms. The number of pyridine rings is 2. The first-order valence-electron chi connectivity index (χ1n) is 9.56. The lowest BCUT2D eigenvalue weighted by Gasteiger charge is -2.08. The van der Waals surface area contributed by atoms with Crippen molar-refractivity contribution in [3.8, 4) is 22.5 Å². The number of nitrogens with one attached hydrogen (secondary N) is 1. The summed E-state index contributed by atoms with van der Waals surface area (Å²) in [6.45, 7) is 0. The van der Waals surface area contributed by atoms with Crippen LogP contribution in [0, 0.1) is 0 Å². The molecule has 0 unspecified atom stereocenters.